The molecule has 0 amide bonds. The minimum absolute atomic E-state index is 0.183. The molecule has 0 radical (unpaired) electrons. The summed E-state index contributed by atoms with van der Waals surface area (Å²) < 4.78 is 13.1. The van der Waals surface area contributed by atoms with E-state index in [-0.39, 0.29) is 5.82 Å². The van der Waals surface area contributed by atoms with Gasteiger partial charge in [0.05, 0.1) is 12.6 Å². The molecule has 1 heterocycles. The summed E-state index contributed by atoms with van der Waals surface area (Å²) in [5.74, 6) is 0.857. The molecule has 0 fully saturated rings. The van der Waals surface area contributed by atoms with E-state index < -0.39 is 0 Å². The lowest BCUT2D eigenvalue weighted by atomic mass is 10.0. The Morgan fingerprint density at radius 1 is 1.04 bits per heavy atom. The number of halogens is 1. The van der Waals surface area contributed by atoms with E-state index in [0.29, 0.717) is 6.04 Å². The maximum absolute atomic E-state index is 13.1. The molecule has 0 N–H and O–H groups in total. The van der Waals surface area contributed by atoms with Crippen LogP contribution in [-0.4, -0.2) is 49.0 Å². The first-order chi connectivity index (χ1) is 11.6. The second-order valence-electron chi connectivity index (χ2n) is 6.45. The number of hydrogen-bond acceptors (Lipinski definition) is 3. The molecule has 0 saturated carbocycles. The second kappa shape index (κ2) is 7.47. The van der Waals surface area contributed by atoms with E-state index >= 15 is 0 Å². The number of rotatable bonds is 5. The number of guanidine groups is 1. The Morgan fingerprint density at radius 3 is 2.42 bits per heavy atom. The molecule has 0 aromatic heterocycles. The highest BCUT2D eigenvalue weighted by atomic mass is 19.1. The quantitative estimate of drug-likeness (QED) is 0.840. The summed E-state index contributed by atoms with van der Waals surface area (Å²) >= 11 is 0. The van der Waals surface area contributed by atoms with Crippen molar-refractivity contribution in [2.75, 3.05) is 27.2 Å². The molecule has 1 aliphatic rings. The van der Waals surface area contributed by atoms with Crippen LogP contribution < -0.4 is 0 Å². The Morgan fingerprint density at radius 2 is 1.75 bits per heavy atom. The van der Waals surface area contributed by atoms with Crippen molar-refractivity contribution >= 4 is 5.96 Å². The van der Waals surface area contributed by atoms with Gasteiger partial charge in [0.25, 0.3) is 0 Å². The Balaban J connectivity index is 1.69. The van der Waals surface area contributed by atoms with Crippen molar-refractivity contribution in [3.63, 3.8) is 0 Å². The van der Waals surface area contributed by atoms with Gasteiger partial charge < -0.3 is 9.80 Å². The van der Waals surface area contributed by atoms with Crippen molar-refractivity contribution in [2.24, 2.45) is 4.99 Å². The predicted octanol–water partition coefficient (Wildman–Crippen LogP) is 3.21. The first-order valence-corrected chi connectivity index (χ1v) is 8.40. The fourth-order valence-corrected chi connectivity index (χ4v) is 3.18. The standard InChI is InChI=1S/C20H24FN3/c1-23(2)20-22-15-19(14-17-6-4-3-5-7-17)24(20)13-12-16-8-10-18(21)11-9-16/h3-11,19H,12-15H2,1-2H3/t19-/m0/s1. The molecule has 0 aliphatic carbocycles. The molecule has 0 unspecified atom stereocenters. The third-order valence-electron chi connectivity index (χ3n) is 4.41. The van der Waals surface area contributed by atoms with E-state index in [0.717, 1.165) is 37.5 Å². The van der Waals surface area contributed by atoms with Gasteiger partial charge in [-0.3, -0.25) is 4.99 Å². The Labute approximate surface area is 143 Å². The van der Waals surface area contributed by atoms with E-state index in [4.69, 9.17) is 4.99 Å². The minimum atomic E-state index is -0.183. The van der Waals surface area contributed by atoms with E-state index in [1.165, 1.54) is 17.7 Å². The number of nitrogens with zero attached hydrogens (tertiary/aromatic N) is 3. The maximum atomic E-state index is 13.1. The highest BCUT2D eigenvalue weighted by molar-refractivity contribution is 5.81. The van der Waals surface area contributed by atoms with Crippen LogP contribution in [0, 0.1) is 5.82 Å². The largest absolute Gasteiger partial charge is 0.349 e. The molecule has 3 rings (SSSR count). The van der Waals surface area contributed by atoms with Gasteiger partial charge in [-0.15, -0.1) is 0 Å². The third kappa shape index (κ3) is 3.94. The van der Waals surface area contributed by atoms with Gasteiger partial charge in [0, 0.05) is 20.6 Å². The number of hydrogen-bond donors (Lipinski definition) is 0. The summed E-state index contributed by atoms with van der Waals surface area (Å²) in [5, 5.41) is 0. The zero-order valence-electron chi connectivity index (χ0n) is 14.3. The smallest absolute Gasteiger partial charge is 0.196 e. The van der Waals surface area contributed by atoms with Crippen LogP contribution in [-0.2, 0) is 12.8 Å². The molecule has 1 atom stereocenters. The molecule has 4 heteroatoms. The molecule has 2 aromatic carbocycles. The van der Waals surface area contributed by atoms with E-state index in [2.05, 4.69) is 34.1 Å². The van der Waals surface area contributed by atoms with E-state index in [9.17, 15) is 4.39 Å². The van der Waals surface area contributed by atoms with E-state index in [1.54, 1.807) is 0 Å². The highest BCUT2D eigenvalue weighted by Gasteiger charge is 2.28. The lowest BCUT2D eigenvalue weighted by Crippen LogP contribution is -2.44. The summed E-state index contributed by atoms with van der Waals surface area (Å²) in [6.45, 7) is 1.71. The Hall–Kier alpha value is -2.36. The fraction of sp³-hybridized carbons (Fsp3) is 0.350. The third-order valence-corrected chi connectivity index (χ3v) is 4.41. The molecule has 24 heavy (non-hydrogen) atoms. The van der Waals surface area contributed by atoms with Gasteiger partial charge in [-0.1, -0.05) is 42.5 Å². The molecule has 1 aliphatic heterocycles. The first kappa shape index (κ1) is 16.5. The average molecular weight is 325 g/mol. The lowest BCUT2D eigenvalue weighted by Gasteiger charge is -2.31. The minimum Gasteiger partial charge on any atom is -0.349 e. The highest BCUT2D eigenvalue weighted by Crippen LogP contribution is 2.18. The fourth-order valence-electron chi connectivity index (χ4n) is 3.18. The van der Waals surface area contributed by atoms with Crippen LogP contribution in [0.25, 0.3) is 0 Å². The van der Waals surface area contributed by atoms with Gasteiger partial charge in [0.1, 0.15) is 5.82 Å². The molecule has 3 nitrogen and oxygen atoms in total. The zero-order valence-corrected chi connectivity index (χ0v) is 14.3. The average Bonchev–Trinajstić information content (AvgIpc) is 2.98. The molecular weight excluding hydrogens is 301 g/mol. The number of benzene rings is 2. The maximum Gasteiger partial charge on any atom is 0.196 e. The first-order valence-electron chi connectivity index (χ1n) is 8.40. The van der Waals surface area contributed by atoms with Crippen LogP contribution in [0.3, 0.4) is 0 Å². The van der Waals surface area contributed by atoms with Crippen LogP contribution in [0.15, 0.2) is 59.6 Å². The Bertz CT molecular complexity index is 680. The van der Waals surface area contributed by atoms with Crippen molar-refractivity contribution in [3.8, 4) is 0 Å². The Kier molecular flexibility index (Phi) is 5.14. The van der Waals surface area contributed by atoms with Crippen molar-refractivity contribution in [3.05, 3.63) is 71.5 Å². The molecule has 2 aromatic rings. The van der Waals surface area contributed by atoms with Gasteiger partial charge >= 0.3 is 0 Å². The predicted molar refractivity (Wildman–Crippen MR) is 96.7 cm³/mol. The van der Waals surface area contributed by atoms with Crippen LogP contribution in [0.4, 0.5) is 4.39 Å². The topological polar surface area (TPSA) is 18.8 Å². The SMILES string of the molecule is CN(C)C1=NC[C@H](Cc2ccccc2)N1CCc1ccc(F)cc1. The molecule has 0 spiro atoms. The summed E-state index contributed by atoms with van der Waals surface area (Å²) in [4.78, 5) is 9.19. The molecular formula is C20H24FN3. The second-order valence-corrected chi connectivity index (χ2v) is 6.45. The van der Waals surface area contributed by atoms with Crippen LogP contribution >= 0.6 is 0 Å². The zero-order chi connectivity index (χ0) is 16.9. The van der Waals surface area contributed by atoms with Gasteiger partial charge in [0.2, 0.25) is 0 Å². The monoisotopic (exact) mass is 325 g/mol. The van der Waals surface area contributed by atoms with Crippen LogP contribution in [0.5, 0.6) is 0 Å². The lowest BCUT2D eigenvalue weighted by molar-refractivity contribution is 0.314. The molecule has 0 saturated heterocycles. The molecule has 0 bridgehead atoms. The van der Waals surface area contributed by atoms with Crippen molar-refractivity contribution in [1.82, 2.24) is 9.80 Å². The normalized spacial score (nSPS) is 17.0. The van der Waals surface area contributed by atoms with Gasteiger partial charge in [-0.05, 0) is 36.1 Å². The summed E-state index contributed by atoms with van der Waals surface area (Å²) in [6, 6.07) is 17.7. The summed E-state index contributed by atoms with van der Waals surface area (Å²) in [6.07, 6.45) is 1.88. The van der Waals surface area contributed by atoms with Gasteiger partial charge in [-0.2, -0.15) is 0 Å². The van der Waals surface area contributed by atoms with Gasteiger partial charge in [0.15, 0.2) is 5.96 Å². The van der Waals surface area contributed by atoms with Crippen LogP contribution in [0.1, 0.15) is 11.1 Å². The van der Waals surface area contributed by atoms with Crippen LogP contribution in [0.2, 0.25) is 0 Å². The van der Waals surface area contributed by atoms with Crippen molar-refractivity contribution in [2.45, 2.75) is 18.9 Å². The van der Waals surface area contributed by atoms with E-state index in [1.807, 2.05) is 32.3 Å². The number of aliphatic imine (C=N–C) groups is 1. The van der Waals surface area contributed by atoms with Crippen molar-refractivity contribution in [1.29, 1.82) is 0 Å². The summed E-state index contributed by atoms with van der Waals surface area (Å²) in [5.41, 5.74) is 2.49. The summed E-state index contributed by atoms with van der Waals surface area (Å²) in [7, 11) is 4.07. The molecule has 126 valence electrons. The van der Waals surface area contributed by atoms with Gasteiger partial charge in [-0.25, -0.2) is 4.39 Å². The van der Waals surface area contributed by atoms with Crippen molar-refractivity contribution < 1.29 is 4.39 Å².